The fourth-order valence-electron chi connectivity index (χ4n) is 1.76. The Kier molecular flexibility index (Phi) is 6.10. The SMILES string of the molecule is CC(C)(C)OC(=O)C(C(=O)Cc1cnc(N)s1)C(=O)OC(C)(C)C. The molecule has 0 aliphatic carbocycles. The van der Waals surface area contributed by atoms with E-state index in [0.717, 1.165) is 11.3 Å². The van der Waals surface area contributed by atoms with Crippen LogP contribution in [0, 0.1) is 5.92 Å². The molecule has 0 aliphatic heterocycles. The number of aromatic nitrogens is 1. The first-order valence-corrected chi connectivity index (χ1v) is 8.29. The fourth-order valence-corrected chi connectivity index (χ4v) is 2.45. The molecule has 0 saturated carbocycles. The predicted octanol–water partition coefficient (Wildman–Crippen LogP) is 2.14. The highest BCUT2D eigenvalue weighted by atomic mass is 32.1. The van der Waals surface area contributed by atoms with Gasteiger partial charge in [-0.3, -0.25) is 14.4 Å². The minimum absolute atomic E-state index is 0.141. The highest BCUT2D eigenvalue weighted by molar-refractivity contribution is 7.15. The molecular formula is C16H24N2O5S. The zero-order valence-corrected chi connectivity index (χ0v) is 15.7. The maximum absolute atomic E-state index is 12.5. The number of Topliss-reactive ketones (excluding diaryl/α,β-unsaturated/α-hetero) is 1. The van der Waals surface area contributed by atoms with Crippen LogP contribution in [0.4, 0.5) is 5.13 Å². The van der Waals surface area contributed by atoms with Crippen LogP contribution in [0.5, 0.6) is 0 Å². The molecule has 0 amide bonds. The molecular weight excluding hydrogens is 332 g/mol. The van der Waals surface area contributed by atoms with E-state index < -0.39 is 34.8 Å². The van der Waals surface area contributed by atoms with Crippen LogP contribution in [0.15, 0.2) is 6.20 Å². The number of hydrogen-bond donors (Lipinski definition) is 1. The lowest BCUT2D eigenvalue weighted by molar-refractivity contribution is -0.175. The van der Waals surface area contributed by atoms with E-state index in [1.807, 2.05) is 0 Å². The summed E-state index contributed by atoms with van der Waals surface area (Å²) in [5.41, 5.74) is 3.88. The number of carbonyl (C=O) groups is 3. The summed E-state index contributed by atoms with van der Waals surface area (Å²) < 4.78 is 10.4. The molecule has 0 unspecified atom stereocenters. The Hall–Kier alpha value is -1.96. The van der Waals surface area contributed by atoms with Gasteiger partial charge in [0, 0.05) is 17.5 Å². The van der Waals surface area contributed by atoms with Crippen LogP contribution in [-0.2, 0) is 30.3 Å². The van der Waals surface area contributed by atoms with Crippen LogP contribution in [0.1, 0.15) is 46.4 Å². The lowest BCUT2D eigenvalue weighted by atomic mass is 10.00. The van der Waals surface area contributed by atoms with Gasteiger partial charge in [-0.15, -0.1) is 11.3 Å². The van der Waals surface area contributed by atoms with E-state index in [1.165, 1.54) is 6.20 Å². The number of nitrogens with zero attached hydrogens (tertiary/aromatic N) is 1. The molecule has 1 aromatic rings. The zero-order valence-electron chi connectivity index (χ0n) is 14.8. The standard InChI is InChI=1S/C16H24N2O5S/c1-15(2,3)22-12(20)11(13(21)23-16(4,5)6)10(19)7-9-8-18-14(17)24-9/h8,11H,7H2,1-6H3,(H2,17,18). The van der Waals surface area contributed by atoms with Gasteiger partial charge >= 0.3 is 11.9 Å². The lowest BCUT2D eigenvalue weighted by Gasteiger charge is -2.25. The number of nitrogens with two attached hydrogens (primary N) is 1. The first kappa shape index (κ1) is 20.1. The number of hydrogen-bond acceptors (Lipinski definition) is 8. The predicted molar refractivity (Wildman–Crippen MR) is 90.4 cm³/mol. The van der Waals surface area contributed by atoms with Crippen LogP contribution < -0.4 is 5.73 Å². The van der Waals surface area contributed by atoms with Gasteiger partial charge in [0.15, 0.2) is 10.9 Å². The molecule has 24 heavy (non-hydrogen) atoms. The van der Waals surface area contributed by atoms with Crippen LogP contribution in [-0.4, -0.2) is 33.9 Å². The molecule has 1 aromatic heterocycles. The van der Waals surface area contributed by atoms with Crippen molar-refractivity contribution in [1.29, 1.82) is 0 Å². The van der Waals surface area contributed by atoms with Crippen molar-refractivity contribution in [2.24, 2.45) is 5.92 Å². The van der Waals surface area contributed by atoms with Crippen molar-refractivity contribution in [2.75, 3.05) is 5.73 Å². The molecule has 0 saturated heterocycles. The molecule has 1 rings (SSSR count). The van der Waals surface area contributed by atoms with Crippen LogP contribution in [0.25, 0.3) is 0 Å². The van der Waals surface area contributed by atoms with Gasteiger partial charge in [0.2, 0.25) is 5.92 Å². The molecule has 134 valence electrons. The molecule has 0 radical (unpaired) electrons. The minimum Gasteiger partial charge on any atom is -0.459 e. The summed E-state index contributed by atoms with van der Waals surface area (Å²) in [7, 11) is 0. The van der Waals surface area contributed by atoms with Gasteiger partial charge in [0.05, 0.1) is 0 Å². The van der Waals surface area contributed by atoms with Gasteiger partial charge in [0.25, 0.3) is 0 Å². The van der Waals surface area contributed by atoms with E-state index in [9.17, 15) is 14.4 Å². The third kappa shape index (κ3) is 6.66. The monoisotopic (exact) mass is 356 g/mol. The van der Waals surface area contributed by atoms with Crippen LogP contribution in [0.3, 0.4) is 0 Å². The Morgan fingerprint density at radius 3 is 1.88 bits per heavy atom. The number of rotatable bonds is 5. The lowest BCUT2D eigenvalue weighted by Crippen LogP contribution is -2.41. The summed E-state index contributed by atoms with van der Waals surface area (Å²) in [5.74, 6) is -4.08. The number of carbonyl (C=O) groups excluding carboxylic acids is 3. The van der Waals surface area contributed by atoms with Gasteiger partial charge in [-0.05, 0) is 41.5 Å². The third-order valence-corrected chi connectivity index (χ3v) is 3.35. The minimum atomic E-state index is -1.63. The van der Waals surface area contributed by atoms with Crippen LogP contribution in [0.2, 0.25) is 0 Å². The van der Waals surface area contributed by atoms with Crippen molar-refractivity contribution in [3.8, 4) is 0 Å². The van der Waals surface area contributed by atoms with Gasteiger partial charge in [0.1, 0.15) is 11.2 Å². The summed E-state index contributed by atoms with van der Waals surface area (Å²) in [6.45, 7) is 9.95. The van der Waals surface area contributed by atoms with E-state index >= 15 is 0 Å². The topological polar surface area (TPSA) is 109 Å². The molecule has 0 spiro atoms. The molecule has 2 N–H and O–H groups in total. The smallest absolute Gasteiger partial charge is 0.328 e. The van der Waals surface area contributed by atoms with E-state index in [2.05, 4.69) is 4.98 Å². The summed E-state index contributed by atoms with van der Waals surface area (Å²) in [6.07, 6.45) is 1.30. The third-order valence-electron chi connectivity index (χ3n) is 2.53. The van der Waals surface area contributed by atoms with E-state index in [4.69, 9.17) is 15.2 Å². The van der Waals surface area contributed by atoms with Crippen molar-refractivity contribution >= 4 is 34.2 Å². The average molecular weight is 356 g/mol. The number of ether oxygens (including phenoxy) is 2. The largest absolute Gasteiger partial charge is 0.459 e. The maximum Gasteiger partial charge on any atom is 0.328 e. The highest BCUT2D eigenvalue weighted by Crippen LogP contribution is 2.21. The second-order valence-electron chi connectivity index (χ2n) is 7.31. The average Bonchev–Trinajstić information content (AvgIpc) is 2.69. The Morgan fingerprint density at radius 1 is 1.08 bits per heavy atom. The van der Waals surface area contributed by atoms with E-state index in [-0.39, 0.29) is 6.42 Å². The molecule has 0 aromatic carbocycles. The molecule has 0 fully saturated rings. The Balaban J connectivity index is 3.00. The van der Waals surface area contributed by atoms with Gasteiger partial charge in [-0.2, -0.15) is 0 Å². The summed E-state index contributed by atoms with van der Waals surface area (Å²) in [6, 6.07) is 0. The number of anilines is 1. The van der Waals surface area contributed by atoms with Gasteiger partial charge < -0.3 is 15.2 Å². The number of ketones is 1. The highest BCUT2D eigenvalue weighted by Gasteiger charge is 2.40. The molecule has 7 nitrogen and oxygen atoms in total. The normalized spacial score (nSPS) is 12.1. The van der Waals surface area contributed by atoms with Crippen molar-refractivity contribution in [2.45, 2.75) is 59.2 Å². The van der Waals surface area contributed by atoms with Crippen molar-refractivity contribution in [3.63, 3.8) is 0 Å². The van der Waals surface area contributed by atoms with Gasteiger partial charge in [-0.1, -0.05) is 0 Å². The summed E-state index contributed by atoms with van der Waals surface area (Å²) in [5, 5.41) is 0.309. The summed E-state index contributed by atoms with van der Waals surface area (Å²) >= 11 is 1.12. The second-order valence-corrected chi connectivity index (χ2v) is 8.45. The maximum atomic E-state index is 12.5. The molecule has 8 heteroatoms. The van der Waals surface area contributed by atoms with Crippen molar-refractivity contribution in [3.05, 3.63) is 11.1 Å². The Labute approximate surface area is 145 Å². The molecule has 1 heterocycles. The van der Waals surface area contributed by atoms with Crippen molar-refractivity contribution in [1.82, 2.24) is 4.98 Å². The van der Waals surface area contributed by atoms with Gasteiger partial charge in [-0.25, -0.2) is 4.98 Å². The Morgan fingerprint density at radius 2 is 1.54 bits per heavy atom. The van der Waals surface area contributed by atoms with Crippen LogP contribution >= 0.6 is 11.3 Å². The molecule has 0 atom stereocenters. The van der Waals surface area contributed by atoms with Crippen molar-refractivity contribution < 1.29 is 23.9 Å². The zero-order chi connectivity index (χ0) is 18.7. The molecule has 0 aliphatic rings. The molecule has 0 bridgehead atoms. The van der Waals surface area contributed by atoms with E-state index in [1.54, 1.807) is 41.5 Å². The number of esters is 2. The summed E-state index contributed by atoms with van der Waals surface area (Å²) in [4.78, 5) is 41.6. The number of nitrogen functional groups attached to an aromatic ring is 1. The Bertz CT molecular complexity index is 597. The second kappa shape index (κ2) is 7.29. The number of thiazole rings is 1. The quantitative estimate of drug-likeness (QED) is 0.636. The fraction of sp³-hybridized carbons (Fsp3) is 0.625. The van der Waals surface area contributed by atoms with E-state index in [0.29, 0.717) is 10.0 Å². The first-order chi connectivity index (χ1) is 10.8. The first-order valence-electron chi connectivity index (χ1n) is 7.47.